The molecule has 1 aromatic carbocycles. The van der Waals surface area contributed by atoms with Crippen molar-refractivity contribution in [2.45, 2.75) is 158 Å². The predicted molar refractivity (Wildman–Crippen MR) is 229 cm³/mol. The standard InChI is InChI=1S/C45H59F3N6O9S/c1-26(2)27(3)61-41(58)51-34-11-9-7-5-6-8-10-28-23-44(28,40(57)53-64(59,60)42(4)18-19-42)52-38(55)35-24-43(25-54(35)39(34)56)17-14-31-32-22-30(62-29-15-20-49-21-16-29)12-13-33(32)50-37(36(31)63-43)45(46,47)48/h8,10,12-13,22,26-29,34-35,49H,5-7,9,11,14-21,23-25H2,1-4H3,(H,51,58)(H,52,55)(H,53,57)/b10-8-/t27-,28+,34-,35-,43+,44+/m0/s1. The first-order valence-electron chi connectivity index (χ1n) is 22.7. The number of fused-ring (bicyclic) bond motifs is 5. The number of nitrogens with zero attached hydrogens (tertiary/aromatic N) is 2. The zero-order valence-electron chi connectivity index (χ0n) is 36.8. The normalized spacial score (nSPS) is 29.5. The molecule has 2 aliphatic carbocycles. The summed E-state index contributed by atoms with van der Waals surface area (Å²) in [6.45, 7) is 8.25. The number of sulfonamides is 1. The van der Waals surface area contributed by atoms with E-state index in [1.54, 1.807) is 25.1 Å². The Bertz CT molecular complexity index is 2320. The summed E-state index contributed by atoms with van der Waals surface area (Å²) in [7, 11) is -4.10. The van der Waals surface area contributed by atoms with Crippen LogP contribution in [0.15, 0.2) is 30.4 Å². The maximum atomic E-state index is 15.0. The summed E-state index contributed by atoms with van der Waals surface area (Å²) in [6.07, 6.45) is 2.28. The largest absolute Gasteiger partial charge is 0.490 e. The highest BCUT2D eigenvalue weighted by atomic mass is 32.2. The number of alkyl carbamates (subject to hydrolysis) is 1. The number of ether oxygens (including phenoxy) is 3. The number of amides is 4. The first kappa shape index (κ1) is 45.9. The molecule has 4 fully saturated rings. The summed E-state index contributed by atoms with van der Waals surface area (Å²) < 4.78 is 91.0. The van der Waals surface area contributed by atoms with Gasteiger partial charge in [0, 0.05) is 23.3 Å². The second kappa shape index (κ2) is 17.3. The number of carbonyl (C=O) groups excluding carboxylic acids is 4. The molecule has 4 N–H and O–H groups in total. The number of piperidine rings is 1. The molecule has 19 heteroatoms. The molecule has 0 bridgehead atoms. The summed E-state index contributed by atoms with van der Waals surface area (Å²) in [5.74, 6) is -2.98. The Labute approximate surface area is 371 Å². The molecular weight excluding hydrogens is 858 g/mol. The number of alkyl halides is 3. The van der Waals surface area contributed by atoms with Gasteiger partial charge in [-0.1, -0.05) is 38.8 Å². The lowest BCUT2D eigenvalue weighted by atomic mass is 9.87. The SMILES string of the molecule is CC(C)[C@H](C)OC(=O)N[C@H]1CCCCC/C=C\[C@@H]2C[C@@]2(C(=O)NS(=O)(=O)C2(C)CC2)NC(=O)[C@@H]2C[C@]3(CCc4c(c(C(F)(F)F)nc5ccc(OC6CCNCC6)cc45)O3)CN2C1=O. The maximum absolute atomic E-state index is 15.0. The van der Waals surface area contributed by atoms with Crippen molar-refractivity contribution in [3.05, 3.63) is 41.6 Å². The number of pyridine rings is 1. The van der Waals surface area contributed by atoms with Gasteiger partial charge in [0.05, 0.1) is 16.8 Å². The number of benzene rings is 1. The van der Waals surface area contributed by atoms with E-state index in [1.165, 1.54) is 17.9 Å². The molecule has 1 aromatic heterocycles. The van der Waals surface area contributed by atoms with Crippen LogP contribution in [0.4, 0.5) is 18.0 Å². The van der Waals surface area contributed by atoms with E-state index in [0.717, 1.165) is 25.9 Å². The van der Waals surface area contributed by atoms with Gasteiger partial charge in [-0.25, -0.2) is 18.2 Å². The number of carbonyl (C=O) groups is 4. The highest BCUT2D eigenvalue weighted by Gasteiger charge is 2.64. The molecule has 8 rings (SSSR count). The van der Waals surface area contributed by atoms with Crippen molar-refractivity contribution in [2.75, 3.05) is 19.6 Å². The van der Waals surface area contributed by atoms with E-state index in [2.05, 4.69) is 25.7 Å². The number of halogens is 3. The molecule has 4 amide bonds. The molecule has 350 valence electrons. The number of aromatic nitrogens is 1. The molecule has 0 radical (unpaired) electrons. The van der Waals surface area contributed by atoms with Crippen LogP contribution in [0.25, 0.3) is 10.9 Å². The second-order valence-corrected chi connectivity index (χ2v) is 21.5. The number of allylic oxidation sites excluding steroid dienone is 1. The van der Waals surface area contributed by atoms with Gasteiger partial charge in [0.15, 0.2) is 11.4 Å². The van der Waals surface area contributed by atoms with E-state index in [0.29, 0.717) is 49.7 Å². The highest BCUT2D eigenvalue weighted by molar-refractivity contribution is 7.91. The van der Waals surface area contributed by atoms with Crippen LogP contribution in [0.1, 0.15) is 116 Å². The fraction of sp³-hybridized carbons (Fsp3) is 0.667. The van der Waals surface area contributed by atoms with E-state index < -0.39 is 91.5 Å². The van der Waals surface area contributed by atoms with E-state index >= 15 is 0 Å². The van der Waals surface area contributed by atoms with Crippen molar-refractivity contribution in [1.82, 2.24) is 30.6 Å². The van der Waals surface area contributed by atoms with Gasteiger partial charge in [-0.05, 0) is 115 Å². The molecule has 2 aromatic rings. The maximum Gasteiger partial charge on any atom is 0.437 e. The zero-order chi connectivity index (χ0) is 45.8. The fourth-order valence-corrected chi connectivity index (χ4v) is 10.7. The average Bonchev–Trinajstić information content (AvgIpc) is 4.13. The molecular formula is C45H59F3N6O9S. The second-order valence-electron chi connectivity index (χ2n) is 19.3. The smallest absolute Gasteiger partial charge is 0.437 e. The lowest BCUT2D eigenvalue weighted by molar-refractivity contribution is -0.144. The van der Waals surface area contributed by atoms with Gasteiger partial charge < -0.3 is 35.1 Å². The Kier molecular flexibility index (Phi) is 12.4. The van der Waals surface area contributed by atoms with E-state index in [9.17, 15) is 40.8 Å². The van der Waals surface area contributed by atoms with E-state index in [-0.39, 0.29) is 61.8 Å². The molecule has 2 saturated carbocycles. The predicted octanol–water partition coefficient (Wildman–Crippen LogP) is 5.58. The average molecular weight is 917 g/mol. The molecule has 5 heterocycles. The molecule has 6 atom stereocenters. The van der Waals surface area contributed by atoms with Gasteiger partial charge in [0.2, 0.25) is 21.8 Å². The van der Waals surface area contributed by atoms with Crippen molar-refractivity contribution in [2.24, 2.45) is 11.8 Å². The van der Waals surface area contributed by atoms with Crippen molar-refractivity contribution in [3.63, 3.8) is 0 Å². The zero-order valence-corrected chi connectivity index (χ0v) is 37.6. The molecule has 4 aliphatic heterocycles. The van der Waals surface area contributed by atoms with Crippen molar-refractivity contribution in [3.8, 4) is 11.5 Å². The first-order valence-corrected chi connectivity index (χ1v) is 24.1. The molecule has 1 spiro atoms. The summed E-state index contributed by atoms with van der Waals surface area (Å²) >= 11 is 0. The van der Waals surface area contributed by atoms with Gasteiger partial charge in [0.1, 0.15) is 41.2 Å². The van der Waals surface area contributed by atoms with Gasteiger partial charge in [-0.15, -0.1) is 0 Å². The van der Waals surface area contributed by atoms with Crippen LogP contribution in [-0.4, -0.2) is 102 Å². The summed E-state index contributed by atoms with van der Waals surface area (Å²) in [6, 6.07) is 2.22. The number of rotatable bonds is 8. The Morgan fingerprint density at radius 3 is 2.48 bits per heavy atom. The van der Waals surface area contributed by atoms with Crippen LogP contribution >= 0.6 is 0 Å². The van der Waals surface area contributed by atoms with E-state index in [4.69, 9.17) is 14.2 Å². The Hall–Kier alpha value is -4.65. The number of hydrogen-bond acceptors (Lipinski definition) is 11. The Morgan fingerprint density at radius 1 is 1.03 bits per heavy atom. The molecule has 15 nitrogen and oxygen atoms in total. The Balaban J connectivity index is 1.15. The van der Waals surface area contributed by atoms with Crippen molar-refractivity contribution < 1.29 is 55.0 Å². The topological polar surface area (TPSA) is 194 Å². The van der Waals surface area contributed by atoms with Crippen LogP contribution in [0, 0.1) is 11.8 Å². The molecule has 6 aliphatic rings. The minimum atomic E-state index is -4.94. The first-order chi connectivity index (χ1) is 30.2. The summed E-state index contributed by atoms with van der Waals surface area (Å²) in [5, 5.41) is 9.24. The van der Waals surface area contributed by atoms with Gasteiger partial charge in [-0.3, -0.25) is 19.1 Å². The monoisotopic (exact) mass is 916 g/mol. The molecule has 0 unspecified atom stereocenters. The van der Waals surface area contributed by atoms with Crippen LogP contribution in [0.2, 0.25) is 0 Å². The van der Waals surface area contributed by atoms with Gasteiger partial charge >= 0.3 is 12.3 Å². The third-order valence-corrected chi connectivity index (χ3v) is 16.3. The summed E-state index contributed by atoms with van der Waals surface area (Å²) in [5.41, 5.74) is -4.07. The summed E-state index contributed by atoms with van der Waals surface area (Å²) in [4.78, 5) is 62.3. The molecule has 64 heavy (non-hydrogen) atoms. The van der Waals surface area contributed by atoms with Crippen LogP contribution in [0.5, 0.6) is 11.5 Å². The third kappa shape index (κ3) is 9.24. The van der Waals surface area contributed by atoms with Gasteiger partial charge in [-0.2, -0.15) is 13.2 Å². The Morgan fingerprint density at radius 2 is 1.78 bits per heavy atom. The van der Waals surface area contributed by atoms with Crippen LogP contribution < -0.4 is 30.1 Å². The van der Waals surface area contributed by atoms with E-state index in [1.807, 2.05) is 19.9 Å². The minimum Gasteiger partial charge on any atom is -0.490 e. The highest BCUT2D eigenvalue weighted by Crippen LogP contribution is 2.51. The fourth-order valence-electron chi connectivity index (χ4n) is 9.36. The molecule has 2 saturated heterocycles. The lowest BCUT2D eigenvalue weighted by Crippen LogP contribution is -2.58. The van der Waals surface area contributed by atoms with Crippen molar-refractivity contribution in [1.29, 1.82) is 0 Å². The number of aryl methyl sites for hydroxylation is 1. The van der Waals surface area contributed by atoms with Crippen LogP contribution in [-0.2, 0) is 41.7 Å². The quantitative estimate of drug-likeness (QED) is 0.242. The van der Waals surface area contributed by atoms with Crippen LogP contribution in [0.3, 0.4) is 0 Å². The van der Waals surface area contributed by atoms with Crippen molar-refractivity contribution >= 4 is 44.7 Å². The lowest BCUT2D eigenvalue weighted by Gasteiger charge is -2.37. The van der Waals surface area contributed by atoms with Gasteiger partial charge in [0.25, 0.3) is 5.91 Å². The number of nitrogens with one attached hydrogen (secondary N) is 4. The number of hydrogen-bond donors (Lipinski definition) is 4. The minimum absolute atomic E-state index is 0.0278. The third-order valence-electron chi connectivity index (χ3n) is 14.2.